The molecule has 0 aliphatic carbocycles. The van der Waals surface area contributed by atoms with Gasteiger partial charge < -0.3 is 10.5 Å². The highest BCUT2D eigenvalue weighted by Crippen LogP contribution is 2.31. The molecule has 8 heteroatoms. The standard InChI is InChI=1S/C18H18ClN3O3S/c1-25-9-7-15-21-17-16(18(24)22(15)8-6-14(20)23)13(10-26-17)11-2-4-12(19)5-3-11/h2-5,10H,6-9H2,1H3,(H2,20,23). The number of nitrogens with zero attached hydrogens (tertiary/aromatic N) is 2. The smallest absolute Gasteiger partial charge is 0.262 e. The summed E-state index contributed by atoms with van der Waals surface area (Å²) < 4.78 is 6.63. The molecular formula is C18H18ClN3O3S. The Morgan fingerprint density at radius 1 is 1.35 bits per heavy atom. The van der Waals surface area contributed by atoms with Crippen molar-refractivity contribution in [1.82, 2.24) is 9.55 Å². The molecule has 0 aliphatic heterocycles. The molecule has 2 N–H and O–H groups in total. The van der Waals surface area contributed by atoms with Crippen molar-refractivity contribution in [3.8, 4) is 11.1 Å². The molecule has 0 radical (unpaired) electrons. The van der Waals surface area contributed by atoms with E-state index in [1.54, 1.807) is 19.2 Å². The number of amides is 1. The van der Waals surface area contributed by atoms with Crippen LogP contribution in [0.5, 0.6) is 0 Å². The third kappa shape index (κ3) is 3.80. The second-order valence-electron chi connectivity index (χ2n) is 5.78. The van der Waals surface area contributed by atoms with Crippen molar-refractivity contribution in [2.24, 2.45) is 5.73 Å². The SMILES string of the molecule is COCCc1nc2scc(-c3ccc(Cl)cc3)c2c(=O)n1CCC(N)=O. The van der Waals surface area contributed by atoms with Crippen LogP contribution in [-0.4, -0.2) is 29.2 Å². The Hall–Kier alpha value is -2.22. The van der Waals surface area contributed by atoms with Crippen molar-refractivity contribution in [3.05, 3.63) is 50.8 Å². The number of fused-ring (bicyclic) bond motifs is 1. The van der Waals surface area contributed by atoms with Crippen LogP contribution in [0.2, 0.25) is 5.02 Å². The lowest BCUT2D eigenvalue weighted by atomic mass is 10.1. The predicted octanol–water partition coefficient (Wildman–Crippen LogP) is 2.84. The van der Waals surface area contributed by atoms with Gasteiger partial charge in [0.2, 0.25) is 5.91 Å². The van der Waals surface area contributed by atoms with Crippen molar-refractivity contribution in [2.75, 3.05) is 13.7 Å². The molecule has 3 aromatic rings. The molecule has 0 atom stereocenters. The third-order valence-electron chi connectivity index (χ3n) is 4.04. The van der Waals surface area contributed by atoms with Crippen LogP contribution >= 0.6 is 22.9 Å². The number of aromatic nitrogens is 2. The summed E-state index contributed by atoms with van der Waals surface area (Å²) in [5.74, 6) is 0.132. The van der Waals surface area contributed by atoms with E-state index in [1.165, 1.54) is 15.9 Å². The maximum atomic E-state index is 13.2. The summed E-state index contributed by atoms with van der Waals surface area (Å²) in [6, 6.07) is 7.31. The average Bonchev–Trinajstić information content (AvgIpc) is 3.04. The molecule has 136 valence electrons. The van der Waals surface area contributed by atoms with Gasteiger partial charge in [0.1, 0.15) is 10.7 Å². The highest BCUT2D eigenvalue weighted by Gasteiger charge is 2.17. The van der Waals surface area contributed by atoms with Crippen molar-refractivity contribution in [3.63, 3.8) is 0 Å². The molecule has 0 unspecified atom stereocenters. The van der Waals surface area contributed by atoms with Gasteiger partial charge in [-0.05, 0) is 17.7 Å². The highest BCUT2D eigenvalue weighted by molar-refractivity contribution is 7.17. The zero-order valence-corrected chi connectivity index (χ0v) is 15.8. The number of primary amides is 1. The number of methoxy groups -OCH3 is 1. The molecule has 0 spiro atoms. The van der Waals surface area contributed by atoms with Gasteiger partial charge in [0.25, 0.3) is 5.56 Å². The van der Waals surface area contributed by atoms with Gasteiger partial charge in [-0.25, -0.2) is 4.98 Å². The normalized spacial score (nSPS) is 11.2. The molecule has 0 bridgehead atoms. The maximum absolute atomic E-state index is 13.2. The fourth-order valence-electron chi connectivity index (χ4n) is 2.75. The van der Waals surface area contributed by atoms with E-state index < -0.39 is 5.91 Å². The summed E-state index contributed by atoms with van der Waals surface area (Å²) in [6.07, 6.45) is 0.558. The van der Waals surface area contributed by atoms with Crippen LogP contribution in [0.4, 0.5) is 0 Å². The second kappa shape index (κ2) is 7.99. The molecule has 3 rings (SSSR count). The molecule has 2 aromatic heterocycles. The van der Waals surface area contributed by atoms with Crippen LogP contribution < -0.4 is 11.3 Å². The summed E-state index contributed by atoms with van der Waals surface area (Å²) in [5.41, 5.74) is 6.79. The largest absolute Gasteiger partial charge is 0.384 e. The van der Waals surface area contributed by atoms with Gasteiger partial charge >= 0.3 is 0 Å². The number of carbonyl (C=O) groups is 1. The van der Waals surface area contributed by atoms with E-state index >= 15 is 0 Å². The molecule has 2 heterocycles. The quantitative estimate of drug-likeness (QED) is 0.670. The predicted molar refractivity (Wildman–Crippen MR) is 104 cm³/mol. The first-order valence-electron chi connectivity index (χ1n) is 8.05. The monoisotopic (exact) mass is 391 g/mol. The minimum Gasteiger partial charge on any atom is -0.384 e. The van der Waals surface area contributed by atoms with Crippen LogP contribution in [-0.2, 0) is 22.5 Å². The van der Waals surface area contributed by atoms with Gasteiger partial charge in [-0.2, -0.15) is 0 Å². The Morgan fingerprint density at radius 2 is 2.08 bits per heavy atom. The topological polar surface area (TPSA) is 87.2 Å². The third-order valence-corrected chi connectivity index (χ3v) is 5.16. The Balaban J connectivity index is 2.16. The summed E-state index contributed by atoms with van der Waals surface area (Å²) in [6.45, 7) is 0.635. The molecule has 1 amide bonds. The van der Waals surface area contributed by atoms with Gasteiger partial charge in [0.15, 0.2) is 0 Å². The van der Waals surface area contributed by atoms with Crippen LogP contribution in [0.3, 0.4) is 0 Å². The zero-order valence-electron chi connectivity index (χ0n) is 14.2. The minimum atomic E-state index is -0.460. The van der Waals surface area contributed by atoms with Crippen LogP contribution in [0.25, 0.3) is 21.3 Å². The Bertz CT molecular complexity index is 995. The van der Waals surface area contributed by atoms with E-state index in [4.69, 9.17) is 22.1 Å². The number of hydrogen-bond donors (Lipinski definition) is 1. The fraction of sp³-hybridized carbons (Fsp3) is 0.278. The number of nitrogens with two attached hydrogens (primary N) is 1. The number of thiophene rings is 1. The number of ether oxygens (including phenoxy) is 1. The number of halogens is 1. The molecule has 6 nitrogen and oxygen atoms in total. The lowest BCUT2D eigenvalue weighted by Gasteiger charge is -2.12. The number of carbonyl (C=O) groups excluding carboxylic acids is 1. The van der Waals surface area contributed by atoms with Crippen LogP contribution in [0, 0.1) is 0 Å². The molecule has 26 heavy (non-hydrogen) atoms. The van der Waals surface area contributed by atoms with Crippen molar-refractivity contribution in [1.29, 1.82) is 0 Å². The van der Waals surface area contributed by atoms with Gasteiger partial charge in [0, 0.05) is 42.5 Å². The Kier molecular flexibility index (Phi) is 5.70. The molecule has 0 saturated carbocycles. The number of hydrogen-bond acceptors (Lipinski definition) is 5. The van der Waals surface area contributed by atoms with Gasteiger partial charge in [-0.15, -0.1) is 11.3 Å². The molecule has 0 saturated heterocycles. The van der Waals surface area contributed by atoms with E-state index in [2.05, 4.69) is 4.98 Å². The molecule has 1 aromatic carbocycles. The molecular weight excluding hydrogens is 374 g/mol. The van der Waals surface area contributed by atoms with E-state index in [9.17, 15) is 9.59 Å². The van der Waals surface area contributed by atoms with Crippen LogP contribution in [0.15, 0.2) is 34.4 Å². The summed E-state index contributed by atoms with van der Waals surface area (Å²) in [7, 11) is 1.59. The lowest BCUT2D eigenvalue weighted by Crippen LogP contribution is -2.28. The van der Waals surface area contributed by atoms with E-state index in [-0.39, 0.29) is 18.5 Å². The second-order valence-corrected chi connectivity index (χ2v) is 7.07. The first kappa shape index (κ1) is 18.6. The molecule has 0 fully saturated rings. The van der Waals surface area contributed by atoms with Gasteiger partial charge in [0.05, 0.1) is 12.0 Å². The summed E-state index contributed by atoms with van der Waals surface area (Å²) >= 11 is 7.37. The first-order chi connectivity index (χ1) is 12.5. The Morgan fingerprint density at radius 3 is 2.73 bits per heavy atom. The van der Waals surface area contributed by atoms with Crippen molar-refractivity contribution in [2.45, 2.75) is 19.4 Å². The lowest BCUT2D eigenvalue weighted by molar-refractivity contribution is -0.118. The first-order valence-corrected chi connectivity index (χ1v) is 9.31. The van der Waals surface area contributed by atoms with Crippen molar-refractivity contribution < 1.29 is 9.53 Å². The Labute approximate surface area is 159 Å². The van der Waals surface area contributed by atoms with E-state index in [0.29, 0.717) is 34.1 Å². The minimum absolute atomic E-state index is 0.0769. The van der Waals surface area contributed by atoms with Gasteiger partial charge in [-0.3, -0.25) is 14.2 Å². The zero-order chi connectivity index (χ0) is 18.7. The maximum Gasteiger partial charge on any atom is 0.262 e. The fourth-order valence-corrected chi connectivity index (χ4v) is 3.83. The summed E-state index contributed by atoms with van der Waals surface area (Å²) in [4.78, 5) is 29.7. The summed E-state index contributed by atoms with van der Waals surface area (Å²) in [5, 5.41) is 3.09. The van der Waals surface area contributed by atoms with E-state index in [1.807, 2.05) is 17.5 Å². The van der Waals surface area contributed by atoms with E-state index in [0.717, 1.165) is 11.1 Å². The highest BCUT2D eigenvalue weighted by atomic mass is 35.5. The van der Waals surface area contributed by atoms with Gasteiger partial charge in [-0.1, -0.05) is 23.7 Å². The average molecular weight is 392 g/mol. The van der Waals surface area contributed by atoms with Crippen LogP contribution in [0.1, 0.15) is 12.2 Å². The van der Waals surface area contributed by atoms with Crippen molar-refractivity contribution >= 4 is 39.1 Å². The molecule has 0 aliphatic rings. The number of benzene rings is 1. The number of rotatable bonds is 7.